The van der Waals surface area contributed by atoms with Gasteiger partial charge in [-0.25, -0.2) is 4.39 Å². The van der Waals surface area contributed by atoms with Crippen molar-refractivity contribution in [3.05, 3.63) is 24.1 Å². The molecule has 0 aromatic heterocycles. The van der Waals surface area contributed by atoms with E-state index in [0.717, 1.165) is 12.0 Å². The average Bonchev–Trinajstić information content (AvgIpc) is 1.65. The van der Waals surface area contributed by atoms with E-state index in [4.69, 9.17) is 0 Å². The topological polar surface area (TPSA) is 0 Å². The van der Waals surface area contributed by atoms with Gasteiger partial charge in [0.25, 0.3) is 0 Å². The van der Waals surface area contributed by atoms with Crippen LogP contribution in [0, 0.1) is 0 Å². The molecule has 8 heavy (non-hydrogen) atoms. The van der Waals surface area contributed by atoms with E-state index in [1.807, 2.05) is 13.8 Å². The molecule has 0 atom stereocenters. The lowest BCUT2D eigenvalue weighted by Gasteiger charge is -1.89. The van der Waals surface area contributed by atoms with Crippen LogP contribution in [0.3, 0.4) is 0 Å². The van der Waals surface area contributed by atoms with Gasteiger partial charge < -0.3 is 0 Å². The third-order valence-electron chi connectivity index (χ3n) is 0.961. The van der Waals surface area contributed by atoms with Gasteiger partial charge in [0.15, 0.2) is 0 Å². The molecule has 0 nitrogen and oxygen atoms in total. The maximum absolute atomic E-state index is 11.9. The molecule has 0 radical (unpaired) electrons. The molecule has 0 aliphatic carbocycles. The predicted molar refractivity (Wildman–Crippen MR) is 34.3 cm³/mol. The standard InChI is InChI=1S/C7H11F/c1-4-6(2)5-7(3)8/h5H,3-4H2,1-2H3/b6-5-. The minimum absolute atomic E-state index is 0.357. The molecule has 46 valence electrons. The van der Waals surface area contributed by atoms with Gasteiger partial charge in [-0.05, 0) is 19.4 Å². The summed E-state index contributed by atoms with van der Waals surface area (Å²) >= 11 is 0. The third-order valence-corrected chi connectivity index (χ3v) is 0.961. The highest BCUT2D eigenvalue weighted by Crippen LogP contribution is 2.03. The van der Waals surface area contributed by atoms with Crippen LogP contribution in [0.4, 0.5) is 4.39 Å². The average molecular weight is 114 g/mol. The van der Waals surface area contributed by atoms with Gasteiger partial charge in [-0.3, -0.25) is 0 Å². The van der Waals surface area contributed by atoms with Crippen molar-refractivity contribution in [1.82, 2.24) is 0 Å². The lowest BCUT2D eigenvalue weighted by molar-refractivity contribution is 0.668. The molecule has 0 amide bonds. The van der Waals surface area contributed by atoms with E-state index in [-0.39, 0.29) is 5.83 Å². The minimum Gasteiger partial charge on any atom is -0.208 e. The Morgan fingerprint density at radius 3 is 2.38 bits per heavy atom. The lowest BCUT2D eigenvalue weighted by Crippen LogP contribution is -1.69. The highest BCUT2D eigenvalue weighted by atomic mass is 19.1. The largest absolute Gasteiger partial charge is 0.208 e. The van der Waals surface area contributed by atoms with Gasteiger partial charge in [0.05, 0.1) is 0 Å². The quantitative estimate of drug-likeness (QED) is 0.484. The van der Waals surface area contributed by atoms with Crippen LogP contribution in [-0.4, -0.2) is 0 Å². The van der Waals surface area contributed by atoms with E-state index in [9.17, 15) is 4.39 Å². The first-order valence-electron chi connectivity index (χ1n) is 2.68. The van der Waals surface area contributed by atoms with Gasteiger partial charge in [0.2, 0.25) is 0 Å². The second kappa shape index (κ2) is 3.42. The van der Waals surface area contributed by atoms with E-state index < -0.39 is 0 Å². The number of allylic oxidation sites excluding steroid dienone is 3. The molecule has 0 N–H and O–H groups in total. The van der Waals surface area contributed by atoms with Crippen molar-refractivity contribution in [3.8, 4) is 0 Å². The molecule has 0 unspecified atom stereocenters. The Kier molecular flexibility index (Phi) is 3.16. The molecule has 0 saturated carbocycles. The summed E-state index contributed by atoms with van der Waals surface area (Å²) in [5.41, 5.74) is 1.03. The normalized spacial score (nSPS) is 11.6. The number of hydrogen-bond donors (Lipinski definition) is 0. The minimum atomic E-state index is -0.357. The van der Waals surface area contributed by atoms with Crippen LogP contribution in [0.1, 0.15) is 20.3 Å². The second-order valence-electron chi connectivity index (χ2n) is 1.79. The molecule has 0 bridgehead atoms. The zero-order valence-electron chi connectivity index (χ0n) is 5.37. The van der Waals surface area contributed by atoms with Gasteiger partial charge in [0, 0.05) is 0 Å². The van der Waals surface area contributed by atoms with Crippen molar-refractivity contribution < 1.29 is 4.39 Å². The summed E-state index contributed by atoms with van der Waals surface area (Å²) in [6.07, 6.45) is 2.34. The van der Waals surface area contributed by atoms with E-state index in [2.05, 4.69) is 6.58 Å². The van der Waals surface area contributed by atoms with Crippen LogP contribution in [0.2, 0.25) is 0 Å². The van der Waals surface area contributed by atoms with E-state index >= 15 is 0 Å². The smallest absolute Gasteiger partial charge is 0.115 e. The van der Waals surface area contributed by atoms with Gasteiger partial charge in [-0.15, -0.1) is 0 Å². The summed E-state index contributed by atoms with van der Waals surface area (Å²) in [6, 6.07) is 0. The Balaban J connectivity index is 3.75. The summed E-state index contributed by atoms with van der Waals surface area (Å²) in [7, 11) is 0. The first-order valence-corrected chi connectivity index (χ1v) is 2.68. The highest BCUT2D eigenvalue weighted by molar-refractivity contribution is 5.12. The van der Waals surface area contributed by atoms with E-state index in [1.165, 1.54) is 6.08 Å². The fourth-order valence-electron chi connectivity index (χ4n) is 0.369. The van der Waals surface area contributed by atoms with Crippen LogP contribution in [0.25, 0.3) is 0 Å². The van der Waals surface area contributed by atoms with Crippen molar-refractivity contribution in [3.63, 3.8) is 0 Å². The van der Waals surface area contributed by atoms with Gasteiger partial charge in [-0.1, -0.05) is 19.1 Å². The zero-order valence-corrected chi connectivity index (χ0v) is 5.37. The van der Waals surface area contributed by atoms with Crippen molar-refractivity contribution in [2.45, 2.75) is 20.3 Å². The zero-order chi connectivity index (χ0) is 6.57. The van der Waals surface area contributed by atoms with Crippen LogP contribution >= 0.6 is 0 Å². The maximum Gasteiger partial charge on any atom is 0.115 e. The Hall–Kier alpha value is -0.590. The van der Waals surface area contributed by atoms with Crippen LogP contribution in [0.5, 0.6) is 0 Å². The summed E-state index contributed by atoms with van der Waals surface area (Å²) in [6.45, 7) is 6.96. The summed E-state index contributed by atoms with van der Waals surface area (Å²) in [5.74, 6) is -0.357. The van der Waals surface area contributed by atoms with E-state index in [1.54, 1.807) is 0 Å². The van der Waals surface area contributed by atoms with Crippen LogP contribution in [0.15, 0.2) is 24.1 Å². The molecule has 0 aliphatic heterocycles. The Morgan fingerprint density at radius 2 is 2.25 bits per heavy atom. The maximum atomic E-state index is 11.9. The molecule has 0 heterocycles. The van der Waals surface area contributed by atoms with Gasteiger partial charge in [-0.2, -0.15) is 0 Å². The number of hydrogen-bond acceptors (Lipinski definition) is 0. The summed E-state index contributed by atoms with van der Waals surface area (Å²) in [5, 5.41) is 0. The van der Waals surface area contributed by atoms with Crippen LogP contribution in [-0.2, 0) is 0 Å². The number of rotatable bonds is 2. The van der Waals surface area contributed by atoms with Crippen molar-refractivity contribution >= 4 is 0 Å². The molecule has 0 spiro atoms. The Morgan fingerprint density at radius 1 is 1.75 bits per heavy atom. The Bertz CT molecular complexity index is 112. The van der Waals surface area contributed by atoms with E-state index in [0.29, 0.717) is 0 Å². The molecular formula is C7H11F. The lowest BCUT2D eigenvalue weighted by atomic mass is 10.2. The molecule has 0 fully saturated rings. The van der Waals surface area contributed by atoms with Crippen molar-refractivity contribution in [2.75, 3.05) is 0 Å². The van der Waals surface area contributed by atoms with Crippen LogP contribution < -0.4 is 0 Å². The van der Waals surface area contributed by atoms with Crippen molar-refractivity contribution in [1.29, 1.82) is 0 Å². The molecule has 0 rings (SSSR count). The Labute approximate surface area is 49.7 Å². The SMILES string of the molecule is C=C(F)/C=C(/C)CC. The highest BCUT2D eigenvalue weighted by Gasteiger charge is 1.83. The monoisotopic (exact) mass is 114 g/mol. The van der Waals surface area contributed by atoms with Gasteiger partial charge >= 0.3 is 0 Å². The summed E-state index contributed by atoms with van der Waals surface area (Å²) < 4.78 is 11.9. The first kappa shape index (κ1) is 7.41. The molecular weight excluding hydrogens is 103 g/mol. The fraction of sp³-hybridized carbons (Fsp3) is 0.429. The molecule has 0 aromatic rings. The summed E-state index contributed by atoms with van der Waals surface area (Å²) in [4.78, 5) is 0. The van der Waals surface area contributed by atoms with Gasteiger partial charge in [0.1, 0.15) is 5.83 Å². The molecule has 1 heteroatoms. The third kappa shape index (κ3) is 3.59. The van der Waals surface area contributed by atoms with Crippen molar-refractivity contribution in [2.24, 2.45) is 0 Å². The number of halogens is 1. The predicted octanol–water partition coefficient (Wildman–Crippen LogP) is 2.83. The molecule has 0 aromatic carbocycles. The second-order valence-corrected chi connectivity index (χ2v) is 1.79. The first-order chi connectivity index (χ1) is 3.66. The fourth-order valence-corrected chi connectivity index (χ4v) is 0.369. The molecule has 0 aliphatic rings. The molecule has 0 saturated heterocycles.